The summed E-state index contributed by atoms with van der Waals surface area (Å²) in [6.07, 6.45) is 3.31. The first-order valence-electron chi connectivity index (χ1n) is 2.97. The van der Waals surface area contributed by atoms with Crippen molar-refractivity contribution in [3.05, 3.63) is 23.5 Å². The van der Waals surface area contributed by atoms with Crippen molar-refractivity contribution >= 4 is 23.3 Å². The Morgan fingerprint density at radius 1 is 1.45 bits per heavy atom. The maximum absolute atomic E-state index is 5.72. The highest BCUT2D eigenvalue weighted by Gasteiger charge is 2.02. The van der Waals surface area contributed by atoms with Crippen LogP contribution in [0.3, 0.4) is 0 Å². The van der Waals surface area contributed by atoms with Crippen molar-refractivity contribution in [2.45, 2.75) is 0 Å². The molecule has 0 saturated carbocycles. The maximum atomic E-state index is 5.72. The van der Waals surface area contributed by atoms with Crippen LogP contribution >= 0.6 is 23.3 Å². The highest BCUT2D eigenvalue weighted by Crippen LogP contribution is 2.19. The highest BCUT2D eigenvalue weighted by molar-refractivity contribution is 7.00. The summed E-state index contributed by atoms with van der Waals surface area (Å²) in [7, 11) is 0. The second kappa shape index (κ2) is 2.64. The van der Waals surface area contributed by atoms with E-state index in [1.807, 2.05) is 6.07 Å². The van der Waals surface area contributed by atoms with Crippen LogP contribution < -0.4 is 0 Å². The molecule has 0 radical (unpaired) electrons. The van der Waals surface area contributed by atoms with Crippen LogP contribution in [0.5, 0.6) is 0 Å². The molecule has 0 aliphatic heterocycles. The van der Waals surface area contributed by atoms with Gasteiger partial charge in [-0.15, -0.1) is 0 Å². The van der Waals surface area contributed by atoms with Gasteiger partial charge < -0.3 is 0 Å². The third kappa shape index (κ3) is 1.27. The number of hydrogen-bond acceptors (Lipinski definition) is 3. The van der Waals surface area contributed by atoms with Gasteiger partial charge in [0.25, 0.3) is 0 Å². The summed E-state index contributed by atoms with van der Waals surface area (Å²) in [5.74, 6) is 0.838. The Bertz CT molecular complexity index is 345. The Kier molecular flexibility index (Phi) is 1.63. The summed E-state index contributed by atoms with van der Waals surface area (Å²) in [5.41, 5.74) is 0.927. The second-order valence-corrected chi connectivity index (χ2v) is 3.03. The number of pyridine rings is 1. The van der Waals surface area contributed by atoms with Crippen molar-refractivity contribution < 1.29 is 0 Å². The van der Waals surface area contributed by atoms with Crippen molar-refractivity contribution in [1.29, 1.82) is 0 Å². The van der Waals surface area contributed by atoms with Crippen molar-refractivity contribution in [1.82, 2.24) is 13.7 Å². The first-order valence-corrected chi connectivity index (χ1v) is 4.12. The number of halogens is 1. The third-order valence-electron chi connectivity index (χ3n) is 1.26. The SMILES string of the molecule is Clc1cncc(-c2ns[nH]2)c1. The van der Waals surface area contributed by atoms with Crippen LogP contribution in [0.2, 0.25) is 5.02 Å². The van der Waals surface area contributed by atoms with Crippen LogP contribution in [0, 0.1) is 0 Å². The Morgan fingerprint density at radius 2 is 2.27 bits per heavy atom. The molecule has 11 heavy (non-hydrogen) atoms. The molecule has 2 heterocycles. The van der Waals surface area contributed by atoms with E-state index in [2.05, 4.69) is 13.7 Å². The molecule has 0 aromatic carbocycles. The molecule has 2 aromatic heterocycles. The summed E-state index contributed by atoms with van der Waals surface area (Å²) < 4.78 is 6.96. The molecule has 5 heteroatoms. The van der Waals surface area contributed by atoms with E-state index >= 15 is 0 Å². The fourth-order valence-corrected chi connectivity index (χ4v) is 1.32. The zero-order valence-electron chi connectivity index (χ0n) is 5.41. The molecule has 0 unspecified atom stereocenters. The molecule has 2 aromatic rings. The van der Waals surface area contributed by atoms with Gasteiger partial charge in [-0.2, -0.15) is 4.37 Å². The van der Waals surface area contributed by atoms with E-state index in [1.165, 1.54) is 11.7 Å². The normalized spacial score (nSPS) is 10.3. The molecule has 3 nitrogen and oxygen atoms in total. The predicted molar refractivity (Wildman–Crippen MR) is 44.7 cm³/mol. The van der Waals surface area contributed by atoms with Crippen molar-refractivity contribution in [2.75, 3.05) is 0 Å². The quantitative estimate of drug-likeness (QED) is 0.740. The highest BCUT2D eigenvalue weighted by atomic mass is 35.5. The number of rotatable bonds is 1. The topological polar surface area (TPSA) is 41.6 Å². The standard InChI is InChI=1S/C6H4ClN3S/c7-5-1-4(2-8-3-5)6-9-11-10-6/h1-3H,(H,9,10). The van der Waals surface area contributed by atoms with E-state index < -0.39 is 0 Å². The number of aromatic nitrogens is 3. The Labute approximate surface area is 72.4 Å². The number of aromatic amines is 1. The van der Waals surface area contributed by atoms with Crippen LogP contribution in [-0.2, 0) is 0 Å². The van der Waals surface area contributed by atoms with Crippen LogP contribution in [0.1, 0.15) is 0 Å². The molecule has 1 N–H and O–H groups in total. The van der Waals surface area contributed by atoms with Gasteiger partial charge in [-0.1, -0.05) is 11.6 Å². The average molecular weight is 186 g/mol. The van der Waals surface area contributed by atoms with E-state index in [4.69, 9.17) is 11.6 Å². The Morgan fingerprint density at radius 3 is 2.82 bits per heavy atom. The van der Waals surface area contributed by atoms with E-state index in [0.717, 1.165) is 11.4 Å². The molecular weight excluding hydrogens is 182 g/mol. The van der Waals surface area contributed by atoms with Gasteiger partial charge in [0.2, 0.25) is 0 Å². The molecule has 0 spiro atoms. The molecule has 0 aliphatic carbocycles. The summed E-state index contributed by atoms with van der Waals surface area (Å²) in [5, 5.41) is 0.629. The smallest absolute Gasteiger partial charge is 0.163 e. The van der Waals surface area contributed by atoms with Crippen LogP contribution in [-0.4, -0.2) is 13.7 Å². The van der Waals surface area contributed by atoms with Gasteiger partial charge >= 0.3 is 0 Å². The molecule has 0 atom stereocenters. The Hall–Kier alpha value is -0.870. The molecule has 0 amide bonds. The van der Waals surface area contributed by atoms with E-state index in [1.54, 1.807) is 12.4 Å². The summed E-state index contributed by atoms with van der Waals surface area (Å²) >= 11 is 7.03. The van der Waals surface area contributed by atoms with E-state index in [9.17, 15) is 0 Å². The number of H-pyrrole nitrogens is 1. The summed E-state index contributed by atoms with van der Waals surface area (Å²) in [6, 6.07) is 1.82. The first-order chi connectivity index (χ1) is 5.36. The minimum absolute atomic E-state index is 0.629. The number of nitrogens with zero attached hydrogens (tertiary/aromatic N) is 2. The fourth-order valence-electron chi connectivity index (χ4n) is 0.744. The largest absolute Gasteiger partial charge is 0.278 e. The number of hydrogen-bond donors (Lipinski definition) is 1. The first kappa shape index (κ1) is 6.82. The van der Waals surface area contributed by atoms with Crippen molar-refractivity contribution in [3.63, 3.8) is 0 Å². The van der Waals surface area contributed by atoms with Crippen LogP contribution in [0.25, 0.3) is 11.4 Å². The van der Waals surface area contributed by atoms with Gasteiger partial charge in [0.05, 0.1) is 5.02 Å². The van der Waals surface area contributed by atoms with Crippen molar-refractivity contribution in [3.8, 4) is 11.4 Å². The van der Waals surface area contributed by atoms with E-state index in [0.29, 0.717) is 5.02 Å². The summed E-state index contributed by atoms with van der Waals surface area (Å²) in [6.45, 7) is 0. The molecule has 56 valence electrons. The second-order valence-electron chi connectivity index (χ2n) is 2.03. The zero-order chi connectivity index (χ0) is 7.68. The predicted octanol–water partition coefficient (Wildman–Crippen LogP) is 2.19. The molecule has 0 fully saturated rings. The monoisotopic (exact) mass is 185 g/mol. The minimum Gasteiger partial charge on any atom is -0.278 e. The van der Waals surface area contributed by atoms with Gasteiger partial charge in [0.1, 0.15) is 0 Å². The van der Waals surface area contributed by atoms with E-state index in [-0.39, 0.29) is 0 Å². The maximum Gasteiger partial charge on any atom is 0.163 e. The lowest BCUT2D eigenvalue weighted by Crippen LogP contribution is -1.88. The van der Waals surface area contributed by atoms with Gasteiger partial charge in [0.15, 0.2) is 5.82 Å². The zero-order valence-corrected chi connectivity index (χ0v) is 6.99. The van der Waals surface area contributed by atoms with Gasteiger partial charge in [-0.25, -0.2) is 0 Å². The van der Waals surface area contributed by atoms with Gasteiger partial charge in [-0.3, -0.25) is 9.36 Å². The Balaban J connectivity index is 2.44. The molecular formula is C6H4ClN3S. The lowest BCUT2D eigenvalue weighted by molar-refractivity contribution is 1.25. The molecule has 0 saturated heterocycles. The van der Waals surface area contributed by atoms with Gasteiger partial charge in [0, 0.05) is 29.7 Å². The molecule has 0 aliphatic rings. The minimum atomic E-state index is 0.629. The third-order valence-corrected chi connectivity index (χ3v) is 2.02. The molecule has 0 bridgehead atoms. The van der Waals surface area contributed by atoms with Gasteiger partial charge in [-0.05, 0) is 6.07 Å². The molecule has 2 rings (SSSR count). The fraction of sp³-hybridized carbons (Fsp3) is 0. The van der Waals surface area contributed by atoms with Crippen LogP contribution in [0.15, 0.2) is 18.5 Å². The number of nitrogens with one attached hydrogen (secondary N) is 1. The summed E-state index contributed by atoms with van der Waals surface area (Å²) in [4.78, 5) is 3.93. The van der Waals surface area contributed by atoms with Crippen LogP contribution in [0.4, 0.5) is 0 Å². The lowest BCUT2D eigenvalue weighted by Gasteiger charge is -2.00. The average Bonchev–Trinajstić information content (AvgIpc) is 1.83. The van der Waals surface area contributed by atoms with Crippen molar-refractivity contribution in [2.24, 2.45) is 0 Å². The lowest BCUT2D eigenvalue weighted by atomic mass is 10.3.